The van der Waals surface area contributed by atoms with Gasteiger partial charge in [-0.05, 0) is 54.5 Å². The van der Waals surface area contributed by atoms with Crippen LogP contribution >= 0.6 is 47.2 Å². The van der Waals surface area contributed by atoms with Crippen LogP contribution in [0.15, 0.2) is 71.6 Å². The SMILES string of the molecule is COc1cc(/C=C2\SC(=S)N([C@H](C)c3ccccc3)C2=O)ccc1OCC(=O)Nc1ccc(Cl)cc1Cl. The summed E-state index contributed by atoms with van der Waals surface area (Å²) in [5.74, 6) is 0.246. The molecule has 1 atom stereocenters. The predicted molar refractivity (Wildman–Crippen MR) is 153 cm³/mol. The van der Waals surface area contributed by atoms with E-state index < -0.39 is 5.91 Å². The van der Waals surface area contributed by atoms with Crippen LogP contribution in [0.1, 0.15) is 24.1 Å². The number of hydrogen-bond donors (Lipinski definition) is 1. The molecule has 0 unspecified atom stereocenters. The van der Waals surface area contributed by atoms with Crippen LogP contribution in [-0.4, -0.2) is 34.8 Å². The molecular weight excluding hydrogens is 551 g/mol. The number of nitrogens with one attached hydrogen (secondary N) is 1. The molecule has 0 saturated carbocycles. The van der Waals surface area contributed by atoms with Crippen molar-refractivity contribution in [3.05, 3.63) is 92.8 Å². The Labute approximate surface area is 234 Å². The van der Waals surface area contributed by atoms with Crippen LogP contribution in [0, 0.1) is 0 Å². The minimum absolute atomic E-state index is 0.150. The molecule has 1 aliphatic heterocycles. The molecule has 1 saturated heterocycles. The van der Waals surface area contributed by atoms with Gasteiger partial charge in [-0.2, -0.15) is 0 Å². The standard InChI is InChI=1S/C27H22Cl2N2O4S2/c1-16(18-6-4-3-5-7-18)31-26(33)24(37-27(31)36)13-17-8-11-22(23(12-17)34-2)35-15-25(32)30-21-10-9-19(28)14-20(21)29/h3-14,16H,15H2,1-2H3,(H,30,32)/b24-13-/t16-/m1/s1. The highest BCUT2D eigenvalue weighted by Crippen LogP contribution is 2.39. The van der Waals surface area contributed by atoms with E-state index in [1.54, 1.807) is 41.3 Å². The van der Waals surface area contributed by atoms with E-state index >= 15 is 0 Å². The van der Waals surface area contributed by atoms with Crippen molar-refractivity contribution in [1.82, 2.24) is 4.90 Å². The largest absolute Gasteiger partial charge is 0.493 e. The van der Waals surface area contributed by atoms with Crippen LogP contribution in [0.4, 0.5) is 5.69 Å². The van der Waals surface area contributed by atoms with Gasteiger partial charge in [-0.1, -0.05) is 83.6 Å². The van der Waals surface area contributed by atoms with Gasteiger partial charge in [0, 0.05) is 5.02 Å². The lowest BCUT2D eigenvalue weighted by atomic mass is 10.1. The first-order valence-electron chi connectivity index (χ1n) is 11.1. The Hall–Kier alpha value is -3.04. The molecule has 37 heavy (non-hydrogen) atoms. The van der Waals surface area contributed by atoms with E-state index in [4.69, 9.17) is 44.9 Å². The van der Waals surface area contributed by atoms with E-state index in [9.17, 15) is 9.59 Å². The first-order chi connectivity index (χ1) is 17.8. The molecule has 1 N–H and O–H groups in total. The fourth-order valence-corrected chi connectivity index (χ4v) is 5.53. The van der Waals surface area contributed by atoms with E-state index in [1.165, 1.54) is 24.9 Å². The molecule has 6 nitrogen and oxygen atoms in total. The lowest BCUT2D eigenvalue weighted by Crippen LogP contribution is -2.30. The molecule has 0 aromatic heterocycles. The first-order valence-corrected chi connectivity index (χ1v) is 13.1. The minimum atomic E-state index is -0.397. The zero-order valence-electron chi connectivity index (χ0n) is 19.9. The third-order valence-electron chi connectivity index (χ3n) is 5.54. The summed E-state index contributed by atoms with van der Waals surface area (Å²) in [6.45, 7) is 1.69. The maximum Gasteiger partial charge on any atom is 0.266 e. The summed E-state index contributed by atoms with van der Waals surface area (Å²) in [5.41, 5.74) is 2.17. The molecule has 4 rings (SSSR count). The van der Waals surface area contributed by atoms with Gasteiger partial charge in [-0.15, -0.1) is 0 Å². The summed E-state index contributed by atoms with van der Waals surface area (Å²) >= 11 is 18.8. The highest BCUT2D eigenvalue weighted by atomic mass is 35.5. The second-order valence-corrected chi connectivity index (χ2v) is 10.5. The van der Waals surface area contributed by atoms with Crippen molar-refractivity contribution < 1.29 is 19.1 Å². The highest BCUT2D eigenvalue weighted by Gasteiger charge is 2.35. The van der Waals surface area contributed by atoms with Crippen LogP contribution in [-0.2, 0) is 9.59 Å². The van der Waals surface area contributed by atoms with Gasteiger partial charge in [-0.3, -0.25) is 14.5 Å². The average molecular weight is 574 g/mol. The summed E-state index contributed by atoms with van der Waals surface area (Å²) in [6.07, 6.45) is 1.76. The van der Waals surface area contributed by atoms with Gasteiger partial charge >= 0.3 is 0 Å². The Kier molecular flexibility index (Phi) is 8.76. The van der Waals surface area contributed by atoms with Crippen LogP contribution in [0.3, 0.4) is 0 Å². The van der Waals surface area contributed by atoms with E-state index in [1.807, 2.05) is 37.3 Å². The molecule has 1 heterocycles. The zero-order valence-corrected chi connectivity index (χ0v) is 23.0. The lowest BCUT2D eigenvalue weighted by molar-refractivity contribution is -0.123. The van der Waals surface area contributed by atoms with Crippen LogP contribution in [0.2, 0.25) is 10.0 Å². The molecule has 3 aromatic carbocycles. The van der Waals surface area contributed by atoms with Crippen LogP contribution in [0.5, 0.6) is 11.5 Å². The normalized spacial score (nSPS) is 15.1. The van der Waals surface area contributed by atoms with Crippen molar-refractivity contribution in [3.8, 4) is 11.5 Å². The van der Waals surface area contributed by atoms with E-state index in [0.29, 0.717) is 36.5 Å². The van der Waals surface area contributed by atoms with Crippen molar-refractivity contribution in [1.29, 1.82) is 0 Å². The number of anilines is 1. The molecule has 2 amide bonds. The third-order valence-corrected chi connectivity index (χ3v) is 7.42. The third kappa shape index (κ3) is 6.45. The second-order valence-electron chi connectivity index (χ2n) is 8.01. The molecular formula is C27H22Cl2N2O4S2. The number of benzene rings is 3. The maximum atomic E-state index is 13.2. The van der Waals surface area contributed by atoms with Crippen molar-refractivity contribution in [2.45, 2.75) is 13.0 Å². The molecule has 10 heteroatoms. The van der Waals surface area contributed by atoms with Crippen molar-refractivity contribution in [3.63, 3.8) is 0 Å². The fourth-order valence-electron chi connectivity index (χ4n) is 3.66. The molecule has 0 aliphatic carbocycles. The fraction of sp³-hybridized carbons (Fsp3) is 0.148. The van der Waals surface area contributed by atoms with Gasteiger partial charge in [0.25, 0.3) is 11.8 Å². The Morgan fingerprint density at radius 3 is 2.57 bits per heavy atom. The number of nitrogens with zero attached hydrogens (tertiary/aromatic N) is 1. The number of ether oxygens (including phenoxy) is 2. The lowest BCUT2D eigenvalue weighted by Gasteiger charge is -2.23. The van der Waals surface area contributed by atoms with Gasteiger partial charge < -0.3 is 14.8 Å². The molecule has 0 bridgehead atoms. The minimum Gasteiger partial charge on any atom is -0.493 e. The van der Waals surface area contributed by atoms with E-state index in [0.717, 1.165) is 11.1 Å². The van der Waals surface area contributed by atoms with E-state index in [2.05, 4.69) is 5.32 Å². The number of amides is 2. The molecule has 1 aliphatic rings. The number of halogens is 2. The summed E-state index contributed by atoms with van der Waals surface area (Å²) in [5, 5.41) is 3.47. The Bertz CT molecular complexity index is 1380. The van der Waals surface area contributed by atoms with Gasteiger partial charge in [-0.25, -0.2) is 0 Å². The van der Waals surface area contributed by atoms with Gasteiger partial charge in [0.1, 0.15) is 4.32 Å². The van der Waals surface area contributed by atoms with Gasteiger partial charge in [0.2, 0.25) is 0 Å². The highest BCUT2D eigenvalue weighted by molar-refractivity contribution is 8.26. The monoisotopic (exact) mass is 572 g/mol. The number of carbonyl (C=O) groups excluding carboxylic acids is 2. The Morgan fingerprint density at radius 1 is 1.11 bits per heavy atom. The number of hydrogen-bond acceptors (Lipinski definition) is 6. The number of carbonyl (C=O) groups is 2. The number of methoxy groups -OCH3 is 1. The zero-order chi connectivity index (χ0) is 26.5. The summed E-state index contributed by atoms with van der Waals surface area (Å²) in [4.78, 5) is 27.6. The summed E-state index contributed by atoms with van der Waals surface area (Å²) < 4.78 is 11.6. The van der Waals surface area contributed by atoms with Gasteiger partial charge in [0.05, 0.1) is 28.8 Å². The second kappa shape index (κ2) is 12.0. The topological polar surface area (TPSA) is 67.9 Å². The summed E-state index contributed by atoms with van der Waals surface area (Å²) in [6, 6.07) is 19.5. The Balaban J connectivity index is 1.44. The molecule has 190 valence electrons. The maximum absolute atomic E-state index is 13.2. The van der Waals surface area contributed by atoms with Crippen molar-refractivity contribution >= 4 is 75.1 Å². The van der Waals surface area contributed by atoms with Crippen LogP contribution in [0.25, 0.3) is 6.08 Å². The molecule has 3 aromatic rings. The Morgan fingerprint density at radius 2 is 1.86 bits per heavy atom. The number of rotatable bonds is 8. The summed E-state index contributed by atoms with van der Waals surface area (Å²) in [7, 11) is 1.50. The first kappa shape index (κ1) is 27.0. The number of thioether (sulfide) groups is 1. The smallest absolute Gasteiger partial charge is 0.266 e. The molecule has 1 fully saturated rings. The van der Waals surface area contributed by atoms with Gasteiger partial charge in [0.15, 0.2) is 18.1 Å². The van der Waals surface area contributed by atoms with Crippen molar-refractivity contribution in [2.75, 3.05) is 19.0 Å². The quantitative estimate of drug-likeness (QED) is 0.232. The average Bonchev–Trinajstić information content (AvgIpc) is 3.17. The molecule has 0 spiro atoms. The van der Waals surface area contributed by atoms with Crippen molar-refractivity contribution in [2.24, 2.45) is 0 Å². The van der Waals surface area contributed by atoms with Crippen LogP contribution < -0.4 is 14.8 Å². The molecule has 0 radical (unpaired) electrons. The predicted octanol–water partition coefficient (Wildman–Crippen LogP) is 6.98. The number of thiocarbonyl (C=S) groups is 1. The van der Waals surface area contributed by atoms with E-state index in [-0.39, 0.29) is 18.6 Å².